The highest BCUT2D eigenvalue weighted by molar-refractivity contribution is 6.33. The average molecular weight is 416 g/mol. The Bertz CT molecular complexity index is 948. The Morgan fingerprint density at radius 3 is 2.66 bits per heavy atom. The van der Waals surface area contributed by atoms with Crippen LogP contribution in [-0.4, -0.2) is 57.3 Å². The Morgan fingerprint density at radius 2 is 1.97 bits per heavy atom. The second kappa shape index (κ2) is 8.39. The van der Waals surface area contributed by atoms with Gasteiger partial charge in [0.15, 0.2) is 0 Å². The maximum atomic E-state index is 12.7. The van der Waals surface area contributed by atoms with Gasteiger partial charge in [-0.25, -0.2) is 4.98 Å². The number of hydrogen-bond donors (Lipinski definition) is 1. The van der Waals surface area contributed by atoms with Crippen molar-refractivity contribution in [1.29, 1.82) is 0 Å². The number of para-hydroxylation sites is 1. The molecule has 1 aliphatic rings. The maximum Gasteiger partial charge on any atom is 0.273 e. The lowest BCUT2D eigenvalue weighted by atomic mass is 10.0. The molecule has 1 aromatic heterocycles. The van der Waals surface area contributed by atoms with Gasteiger partial charge in [-0.05, 0) is 40.1 Å². The van der Waals surface area contributed by atoms with E-state index in [2.05, 4.69) is 10.3 Å². The number of halogens is 1. The molecular weight excluding hydrogens is 390 g/mol. The molecule has 7 nitrogen and oxygen atoms in total. The van der Waals surface area contributed by atoms with Crippen LogP contribution in [-0.2, 0) is 17.9 Å². The van der Waals surface area contributed by atoms with E-state index in [-0.39, 0.29) is 17.4 Å². The number of nitrogens with one attached hydrogen (secondary N) is 1. The average Bonchev–Trinajstić information content (AvgIpc) is 3.11. The molecule has 8 heteroatoms. The standard InChI is InChI=1S/C21H26ClN5O2/c1-21(2,25(3)4)10-9-19(28)26-11-12-27-17(13-23-18(27)14-26)20(29)24-16-8-6-5-7-15(16)22/h5-10,13H,11-12,14H2,1-4H3,(H,24,29)/b10-9+. The Kier molecular flexibility index (Phi) is 6.10. The number of anilines is 1. The Hall–Kier alpha value is -2.64. The minimum atomic E-state index is -0.274. The Morgan fingerprint density at radius 1 is 1.24 bits per heavy atom. The van der Waals surface area contributed by atoms with E-state index in [1.807, 2.05) is 49.6 Å². The Labute approximate surface area is 176 Å². The van der Waals surface area contributed by atoms with E-state index in [9.17, 15) is 9.59 Å². The minimum Gasteiger partial charge on any atom is -0.330 e. The summed E-state index contributed by atoms with van der Waals surface area (Å²) in [4.78, 5) is 33.4. The fourth-order valence-electron chi connectivity index (χ4n) is 2.91. The number of aromatic nitrogens is 2. The highest BCUT2D eigenvalue weighted by Gasteiger charge is 2.25. The number of fused-ring (bicyclic) bond motifs is 1. The van der Waals surface area contributed by atoms with Crippen LogP contribution in [0.4, 0.5) is 5.69 Å². The SMILES string of the molecule is CN(C)C(C)(C)/C=C/C(=O)N1CCn2c(C(=O)Nc3ccccc3Cl)cnc2C1. The van der Waals surface area contributed by atoms with Gasteiger partial charge in [-0.3, -0.25) is 9.59 Å². The van der Waals surface area contributed by atoms with E-state index in [0.717, 1.165) is 0 Å². The molecule has 0 aliphatic carbocycles. The van der Waals surface area contributed by atoms with Crippen molar-refractivity contribution in [3.63, 3.8) is 0 Å². The molecule has 0 spiro atoms. The molecule has 1 aliphatic heterocycles. The van der Waals surface area contributed by atoms with Crippen molar-refractivity contribution in [2.24, 2.45) is 0 Å². The summed E-state index contributed by atoms with van der Waals surface area (Å²) in [6.45, 7) is 5.48. The van der Waals surface area contributed by atoms with Crippen molar-refractivity contribution in [1.82, 2.24) is 19.4 Å². The predicted molar refractivity (Wildman–Crippen MR) is 114 cm³/mol. The lowest BCUT2D eigenvalue weighted by Gasteiger charge is -2.30. The second-order valence-electron chi connectivity index (χ2n) is 7.79. The lowest BCUT2D eigenvalue weighted by Crippen LogP contribution is -2.40. The molecule has 0 saturated carbocycles. The second-order valence-corrected chi connectivity index (χ2v) is 8.19. The maximum absolute atomic E-state index is 12.7. The van der Waals surface area contributed by atoms with Gasteiger partial charge in [0.1, 0.15) is 11.5 Å². The first-order chi connectivity index (χ1) is 13.7. The molecule has 0 unspecified atom stereocenters. The molecule has 2 heterocycles. The van der Waals surface area contributed by atoms with Crippen molar-refractivity contribution >= 4 is 29.1 Å². The molecule has 0 saturated heterocycles. The summed E-state index contributed by atoms with van der Waals surface area (Å²) in [5.41, 5.74) is 0.792. The van der Waals surface area contributed by atoms with Crippen LogP contribution in [0.1, 0.15) is 30.2 Å². The number of carbonyl (C=O) groups is 2. The number of carbonyl (C=O) groups excluding carboxylic acids is 2. The quantitative estimate of drug-likeness (QED) is 0.762. The zero-order valence-electron chi connectivity index (χ0n) is 17.1. The summed E-state index contributed by atoms with van der Waals surface area (Å²) >= 11 is 6.12. The first kappa shape index (κ1) is 21.1. The van der Waals surface area contributed by atoms with Crippen LogP contribution in [0, 0.1) is 0 Å². The third kappa shape index (κ3) is 4.68. The summed E-state index contributed by atoms with van der Waals surface area (Å²) in [7, 11) is 3.95. The van der Waals surface area contributed by atoms with Gasteiger partial charge in [-0.1, -0.05) is 29.8 Å². The van der Waals surface area contributed by atoms with E-state index in [1.54, 1.807) is 35.4 Å². The van der Waals surface area contributed by atoms with E-state index in [4.69, 9.17) is 11.6 Å². The molecule has 3 rings (SSSR count). The minimum absolute atomic E-state index is 0.0590. The first-order valence-corrected chi connectivity index (χ1v) is 9.82. The van der Waals surface area contributed by atoms with Crippen molar-refractivity contribution in [2.75, 3.05) is 26.0 Å². The van der Waals surface area contributed by atoms with E-state index in [0.29, 0.717) is 41.9 Å². The monoisotopic (exact) mass is 415 g/mol. The number of hydrogen-bond acceptors (Lipinski definition) is 4. The first-order valence-electron chi connectivity index (χ1n) is 9.45. The Balaban J connectivity index is 1.69. The van der Waals surface area contributed by atoms with E-state index >= 15 is 0 Å². The molecule has 0 bridgehead atoms. The summed E-state index contributed by atoms with van der Waals surface area (Å²) in [5.74, 6) is 0.356. The fourth-order valence-corrected chi connectivity index (χ4v) is 3.09. The number of likely N-dealkylation sites (N-methyl/N-ethyl adjacent to an activating group) is 1. The van der Waals surface area contributed by atoms with Crippen LogP contribution < -0.4 is 5.32 Å². The van der Waals surface area contributed by atoms with Gasteiger partial charge in [-0.2, -0.15) is 0 Å². The molecule has 1 aromatic carbocycles. The van der Waals surface area contributed by atoms with Crippen LogP contribution in [0.3, 0.4) is 0 Å². The summed E-state index contributed by atoms with van der Waals surface area (Å²) < 4.78 is 1.85. The molecule has 1 N–H and O–H groups in total. The summed E-state index contributed by atoms with van der Waals surface area (Å²) in [6.07, 6.45) is 5.06. The van der Waals surface area contributed by atoms with Gasteiger partial charge in [0.25, 0.3) is 5.91 Å². The third-order valence-corrected chi connectivity index (χ3v) is 5.65. The van der Waals surface area contributed by atoms with Crippen LogP contribution >= 0.6 is 11.6 Å². The highest BCUT2D eigenvalue weighted by atomic mass is 35.5. The van der Waals surface area contributed by atoms with Gasteiger partial charge in [0, 0.05) is 24.7 Å². The van der Waals surface area contributed by atoms with Crippen LogP contribution in [0.5, 0.6) is 0 Å². The van der Waals surface area contributed by atoms with Crippen molar-refractivity contribution in [3.05, 3.63) is 59.2 Å². The van der Waals surface area contributed by atoms with E-state index in [1.165, 1.54) is 0 Å². The third-order valence-electron chi connectivity index (χ3n) is 5.32. The summed E-state index contributed by atoms with van der Waals surface area (Å²) in [5, 5.41) is 3.29. The van der Waals surface area contributed by atoms with Gasteiger partial charge in [-0.15, -0.1) is 0 Å². The highest BCUT2D eigenvalue weighted by Crippen LogP contribution is 2.22. The predicted octanol–water partition coefficient (Wildman–Crippen LogP) is 3.03. The zero-order valence-corrected chi connectivity index (χ0v) is 17.9. The van der Waals surface area contributed by atoms with Crippen LogP contribution in [0.2, 0.25) is 5.02 Å². The van der Waals surface area contributed by atoms with Crippen molar-refractivity contribution in [2.45, 2.75) is 32.5 Å². The van der Waals surface area contributed by atoms with Crippen LogP contribution in [0.15, 0.2) is 42.6 Å². The normalized spacial score (nSPS) is 14.3. The number of nitrogens with zero attached hydrogens (tertiary/aromatic N) is 4. The molecule has 0 atom stereocenters. The largest absolute Gasteiger partial charge is 0.330 e. The fraction of sp³-hybridized carbons (Fsp3) is 0.381. The number of amides is 2. The lowest BCUT2D eigenvalue weighted by molar-refractivity contribution is -0.127. The number of rotatable bonds is 5. The van der Waals surface area contributed by atoms with Gasteiger partial charge in [0.05, 0.1) is 23.5 Å². The van der Waals surface area contributed by atoms with Crippen molar-refractivity contribution in [3.8, 4) is 0 Å². The number of imidazole rings is 1. The molecular formula is C21H26ClN5O2. The molecule has 29 heavy (non-hydrogen) atoms. The smallest absolute Gasteiger partial charge is 0.273 e. The van der Waals surface area contributed by atoms with Crippen LogP contribution in [0.25, 0.3) is 0 Å². The number of benzene rings is 1. The van der Waals surface area contributed by atoms with Gasteiger partial charge in [0.2, 0.25) is 5.91 Å². The molecule has 0 fully saturated rings. The summed E-state index contributed by atoms with van der Waals surface area (Å²) in [6, 6.07) is 7.08. The van der Waals surface area contributed by atoms with Gasteiger partial charge >= 0.3 is 0 Å². The topological polar surface area (TPSA) is 70.5 Å². The molecule has 2 amide bonds. The van der Waals surface area contributed by atoms with Crippen molar-refractivity contribution < 1.29 is 9.59 Å². The molecule has 2 aromatic rings. The van der Waals surface area contributed by atoms with Gasteiger partial charge < -0.3 is 19.7 Å². The molecule has 154 valence electrons. The zero-order chi connectivity index (χ0) is 21.2. The molecule has 0 radical (unpaired) electrons. The van der Waals surface area contributed by atoms with E-state index < -0.39 is 0 Å².